The fraction of sp³-hybridized carbons (Fsp3) is 0.222. The highest BCUT2D eigenvalue weighted by Crippen LogP contribution is 2.39. The van der Waals surface area contributed by atoms with Crippen LogP contribution in [0.4, 0.5) is 0 Å². The molecule has 1 fully saturated rings. The van der Waals surface area contributed by atoms with Gasteiger partial charge in [0.05, 0.1) is 18.2 Å². The Morgan fingerprint density at radius 2 is 1.79 bits per heavy atom. The number of ketones is 1. The summed E-state index contributed by atoms with van der Waals surface area (Å²) in [6.45, 7) is 2.93. The van der Waals surface area contributed by atoms with Gasteiger partial charge in [-0.2, -0.15) is 0 Å². The molecule has 1 aliphatic heterocycles. The van der Waals surface area contributed by atoms with Gasteiger partial charge in [0.15, 0.2) is 0 Å². The predicted molar refractivity (Wildman–Crippen MR) is 127 cm³/mol. The van der Waals surface area contributed by atoms with E-state index < -0.39 is 17.7 Å². The number of nitrogens with zero attached hydrogens (tertiary/aromatic N) is 2. The predicted octanol–water partition coefficient (Wildman–Crippen LogP) is 4.04. The van der Waals surface area contributed by atoms with Gasteiger partial charge in [-0.3, -0.25) is 14.6 Å². The number of methoxy groups -OCH3 is 1. The van der Waals surface area contributed by atoms with Crippen LogP contribution in [0, 0.1) is 6.92 Å². The number of carbonyl (C=O) groups is 2. The number of hydrogen-bond acceptors (Lipinski definition) is 6. The molecule has 7 nitrogen and oxygen atoms in total. The van der Waals surface area contributed by atoms with Crippen molar-refractivity contribution in [3.63, 3.8) is 0 Å². The van der Waals surface area contributed by atoms with Crippen LogP contribution in [-0.2, 0) is 20.9 Å². The molecule has 0 unspecified atom stereocenters. The van der Waals surface area contributed by atoms with Crippen LogP contribution in [0.3, 0.4) is 0 Å². The van der Waals surface area contributed by atoms with Crippen LogP contribution >= 0.6 is 0 Å². The van der Waals surface area contributed by atoms with Crippen LogP contribution in [0.5, 0.6) is 5.75 Å². The lowest BCUT2D eigenvalue weighted by Gasteiger charge is -2.24. The Kier molecular flexibility index (Phi) is 7.04. The monoisotopic (exact) mass is 458 g/mol. The molecule has 3 aromatic rings. The summed E-state index contributed by atoms with van der Waals surface area (Å²) in [4.78, 5) is 31.2. The molecule has 1 saturated heterocycles. The normalized spacial score (nSPS) is 17.2. The highest BCUT2D eigenvalue weighted by atomic mass is 16.5. The Bertz CT molecular complexity index is 1210. The molecule has 1 aromatic heterocycles. The third-order valence-corrected chi connectivity index (χ3v) is 5.71. The number of amides is 1. The standard InChI is InChI=1S/C27H26N2O5/c1-18-4-3-5-19(16-18)17-34-22-8-6-21(7-9-22)25(30)23-24(20-10-12-28-13-11-20)29(14-15-33-2)27(32)26(23)31/h3-13,16,24,30H,14-15,17H2,1-2H3/b25-23+/t24-/m1/s1. The Balaban J connectivity index is 1.62. The van der Waals surface area contributed by atoms with Gasteiger partial charge in [-0.15, -0.1) is 0 Å². The summed E-state index contributed by atoms with van der Waals surface area (Å²) in [6.07, 6.45) is 3.18. The fourth-order valence-corrected chi connectivity index (χ4v) is 4.03. The molecule has 1 amide bonds. The number of likely N-dealkylation sites (tertiary alicyclic amines) is 1. The third-order valence-electron chi connectivity index (χ3n) is 5.71. The van der Waals surface area contributed by atoms with Gasteiger partial charge in [-0.05, 0) is 54.4 Å². The number of rotatable bonds is 8. The summed E-state index contributed by atoms with van der Waals surface area (Å²) in [5, 5.41) is 11.1. The highest BCUT2D eigenvalue weighted by Gasteiger charge is 2.45. The van der Waals surface area contributed by atoms with Gasteiger partial charge in [-0.1, -0.05) is 29.8 Å². The molecular weight excluding hydrogens is 432 g/mol. The summed E-state index contributed by atoms with van der Waals surface area (Å²) < 4.78 is 11.0. The largest absolute Gasteiger partial charge is 0.507 e. The second-order valence-electron chi connectivity index (χ2n) is 8.07. The average molecular weight is 459 g/mol. The van der Waals surface area contributed by atoms with Crippen molar-refractivity contribution in [3.8, 4) is 5.75 Å². The second-order valence-corrected chi connectivity index (χ2v) is 8.07. The van der Waals surface area contributed by atoms with Crippen LogP contribution in [0.2, 0.25) is 0 Å². The van der Waals surface area contributed by atoms with Gasteiger partial charge in [-0.25, -0.2) is 0 Å². The van der Waals surface area contributed by atoms with E-state index in [4.69, 9.17) is 9.47 Å². The number of pyridine rings is 1. The molecule has 1 N–H and O–H groups in total. The summed E-state index contributed by atoms with van der Waals surface area (Å²) in [5.74, 6) is -0.997. The number of benzene rings is 2. The Hall–Kier alpha value is -3.97. The van der Waals surface area contributed by atoms with E-state index in [2.05, 4.69) is 11.1 Å². The van der Waals surface area contributed by atoms with Crippen LogP contribution in [0.15, 0.2) is 78.6 Å². The summed E-state index contributed by atoms with van der Waals surface area (Å²) in [6, 6.07) is 17.6. The molecule has 2 aromatic carbocycles. The number of Topliss-reactive ketones (excluding diaryl/α,β-unsaturated/α-hetero) is 1. The summed E-state index contributed by atoms with van der Waals surface area (Å²) in [5.41, 5.74) is 3.37. The minimum atomic E-state index is -0.727. The van der Waals surface area contributed by atoms with Gasteiger partial charge in [0.25, 0.3) is 11.7 Å². The second kappa shape index (κ2) is 10.3. The Labute approximate surface area is 198 Å². The van der Waals surface area contributed by atoms with Gasteiger partial charge < -0.3 is 19.5 Å². The third kappa shape index (κ3) is 4.84. The van der Waals surface area contributed by atoms with Crippen molar-refractivity contribution in [1.29, 1.82) is 0 Å². The number of aliphatic hydroxyl groups excluding tert-OH is 1. The lowest BCUT2D eigenvalue weighted by atomic mass is 9.96. The molecule has 2 heterocycles. The van der Waals surface area contributed by atoms with Crippen molar-refractivity contribution in [2.45, 2.75) is 19.6 Å². The first-order valence-corrected chi connectivity index (χ1v) is 11.0. The van der Waals surface area contributed by atoms with E-state index >= 15 is 0 Å². The molecule has 174 valence electrons. The van der Waals surface area contributed by atoms with E-state index in [0.717, 1.165) is 11.1 Å². The SMILES string of the molecule is COCCN1C(=O)C(=O)/C(=C(/O)c2ccc(OCc3cccc(C)c3)cc2)[C@H]1c1ccncc1. The molecule has 0 aliphatic carbocycles. The summed E-state index contributed by atoms with van der Waals surface area (Å²) in [7, 11) is 1.53. The molecule has 4 rings (SSSR count). The van der Waals surface area contributed by atoms with E-state index in [1.165, 1.54) is 12.0 Å². The Morgan fingerprint density at radius 1 is 1.06 bits per heavy atom. The van der Waals surface area contributed by atoms with Crippen LogP contribution in [-0.4, -0.2) is 46.9 Å². The summed E-state index contributed by atoms with van der Waals surface area (Å²) >= 11 is 0. The molecule has 0 radical (unpaired) electrons. The molecule has 1 aliphatic rings. The van der Waals surface area contributed by atoms with Crippen molar-refractivity contribution in [1.82, 2.24) is 9.88 Å². The molecule has 0 saturated carbocycles. The van der Waals surface area contributed by atoms with Crippen molar-refractivity contribution in [2.75, 3.05) is 20.3 Å². The number of ether oxygens (including phenoxy) is 2. The zero-order chi connectivity index (χ0) is 24.1. The van der Waals surface area contributed by atoms with Gasteiger partial charge in [0.1, 0.15) is 18.1 Å². The zero-order valence-electron chi connectivity index (χ0n) is 19.1. The van der Waals surface area contributed by atoms with E-state index in [-0.39, 0.29) is 24.5 Å². The topological polar surface area (TPSA) is 89.0 Å². The maximum atomic E-state index is 12.9. The average Bonchev–Trinajstić information content (AvgIpc) is 3.11. The molecule has 0 bridgehead atoms. The van der Waals surface area contributed by atoms with Gasteiger partial charge in [0, 0.05) is 31.6 Å². The molecule has 0 spiro atoms. The quantitative estimate of drug-likeness (QED) is 0.311. The fourth-order valence-electron chi connectivity index (χ4n) is 4.03. The smallest absolute Gasteiger partial charge is 0.295 e. The van der Waals surface area contributed by atoms with Crippen molar-refractivity contribution < 1.29 is 24.2 Å². The molecule has 1 atom stereocenters. The van der Waals surface area contributed by atoms with Crippen LogP contribution < -0.4 is 4.74 Å². The first-order chi connectivity index (χ1) is 16.5. The van der Waals surface area contributed by atoms with E-state index in [1.54, 1.807) is 48.8 Å². The zero-order valence-corrected chi connectivity index (χ0v) is 19.1. The molecule has 7 heteroatoms. The number of aliphatic hydroxyl groups is 1. The maximum absolute atomic E-state index is 12.9. The van der Waals surface area contributed by atoms with Crippen LogP contribution in [0.1, 0.15) is 28.3 Å². The minimum Gasteiger partial charge on any atom is -0.507 e. The van der Waals surface area contributed by atoms with Crippen molar-refractivity contribution in [2.24, 2.45) is 0 Å². The Morgan fingerprint density at radius 3 is 2.47 bits per heavy atom. The maximum Gasteiger partial charge on any atom is 0.295 e. The number of hydrogen-bond donors (Lipinski definition) is 1. The highest BCUT2D eigenvalue weighted by molar-refractivity contribution is 6.46. The van der Waals surface area contributed by atoms with E-state index in [9.17, 15) is 14.7 Å². The number of aryl methyl sites for hydroxylation is 1. The minimum absolute atomic E-state index is 0.0423. The van der Waals surface area contributed by atoms with E-state index in [0.29, 0.717) is 23.5 Å². The van der Waals surface area contributed by atoms with Gasteiger partial charge >= 0.3 is 0 Å². The lowest BCUT2D eigenvalue weighted by molar-refractivity contribution is -0.140. The van der Waals surface area contributed by atoms with Crippen molar-refractivity contribution >= 4 is 17.4 Å². The first kappa shape index (κ1) is 23.2. The molecular formula is C27H26N2O5. The molecule has 34 heavy (non-hydrogen) atoms. The number of carbonyl (C=O) groups excluding carboxylic acids is 2. The lowest BCUT2D eigenvalue weighted by Crippen LogP contribution is -2.32. The van der Waals surface area contributed by atoms with E-state index in [1.807, 2.05) is 25.1 Å². The number of aromatic nitrogens is 1. The first-order valence-electron chi connectivity index (χ1n) is 11.0. The van der Waals surface area contributed by atoms with Crippen molar-refractivity contribution in [3.05, 3.63) is 101 Å². The van der Waals surface area contributed by atoms with Crippen LogP contribution in [0.25, 0.3) is 5.76 Å². The van der Waals surface area contributed by atoms with Gasteiger partial charge in [0.2, 0.25) is 0 Å².